The van der Waals surface area contributed by atoms with Gasteiger partial charge in [0.05, 0.1) is 16.4 Å². The van der Waals surface area contributed by atoms with Gasteiger partial charge in [-0.15, -0.1) is 0 Å². The highest BCUT2D eigenvalue weighted by Crippen LogP contribution is 2.29. The van der Waals surface area contributed by atoms with Crippen molar-refractivity contribution in [1.82, 2.24) is 9.80 Å². The standard InChI is InChI=1S/C32H40N4O4S/c1-4-28(25-14-9-7-10-15-25)31(37)36-21-13-20-35(22-23-36)30-19-18-26(24-29(30)32(38)34(5-2)6-3)33-41(39,40)27-16-11-8-12-17-27/h7-12,14-19,24,28,33H,4-6,13,20-23H2,1-3H3. The molecule has 1 aliphatic heterocycles. The molecule has 9 heteroatoms. The topological polar surface area (TPSA) is 90.0 Å². The van der Waals surface area contributed by atoms with Crippen molar-refractivity contribution in [2.45, 2.75) is 44.4 Å². The SMILES string of the molecule is CCC(C(=O)N1CCCN(c2ccc(NS(=O)(=O)c3ccccc3)cc2C(=O)N(CC)CC)CC1)c1ccccc1. The molecule has 0 saturated carbocycles. The maximum atomic E-state index is 13.7. The van der Waals surface area contributed by atoms with Crippen LogP contribution in [0.15, 0.2) is 83.8 Å². The van der Waals surface area contributed by atoms with Crippen molar-refractivity contribution < 1.29 is 18.0 Å². The number of nitrogens with one attached hydrogen (secondary N) is 1. The quantitative estimate of drug-likeness (QED) is 0.358. The zero-order chi connectivity index (χ0) is 29.4. The first-order valence-electron chi connectivity index (χ1n) is 14.4. The Morgan fingerprint density at radius 2 is 1.51 bits per heavy atom. The first-order chi connectivity index (χ1) is 19.8. The summed E-state index contributed by atoms with van der Waals surface area (Å²) in [6, 6.07) is 23.2. The van der Waals surface area contributed by atoms with E-state index in [-0.39, 0.29) is 22.6 Å². The molecule has 3 aromatic rings. The number of carbonyl (C=O) groups is 2. The Bertz CT molecular complexity index is 1430. The van der Waals surface area contributed by atoms with Crippen LogP contribution in [0.2, 0.25) is 0 Å². The Balaban J connectivity index is 1.59. The Labute approximate surface area is 244 Å². The van der Waals surface area contributed by atoms with Crippen LogP contribution in [-0.2, 0) is 14.8 Å². The van der Waals surface area contributed by atoms with Gasteiger partial charge in [0, 0.05) is 50.6 Å². The Morgan fingerprint density at radius 3 is 2.15 bits per heavy atom. The molecule has 3 aromatic carbocycles. The Kier molecular flexibility index (Phi) is 10.0. The van der Waals surface area contributed by atoms with Gasteiger partial charge in [-0.2, -0.15) is 0 Å². The fourth-order valence-electron chi connectivity index (χ4n) is 5.38. The van der Waals surface area contributed by atoms with Gasteiger partial charge in [-0.1, -0.05) is 55.5 Å². The van der Waals surface area contributed by atoms with Gasteiger partial charge in [-0.25, -0.2) is 8.42 Å². The lowest BCUT2D eigenvalue weighted by molar-refractivity contribution is -0.132. The first-order valence-corrected chi connectivity index (χ1v) is 15.9. The van der Waals surface area contributed by atoms with Crippen molar-refractivity contribution in [3.05, 3.63) is 90.0 Å². The van der Waals surface area contributed by atoms with E-state index < -0.39 is 10.0 Å². The average molecular weight is 577 g/mol. The molecule has 0 radical (unpaired) electrons. The lowest BCUT2D eigenvalue weighted by atomic mass is 9.95. The normalized spacial score (nSPS) is 14.7. The van der Waals surface area contributed by atoms with Crippen LogP contribution in [0.4, 0.5) is 11.4 Å². The second kappa shape index (κ2) is 13.7. The number of hydrogen-bond acceptors (Lipinski definition) is 5. The summed E-state index contributed by atoms with van der Waals surface area (Å²) >= 11 is 0. The fourth-order valence-corrected chi connectivity index (χ4v) is 6.45. The van der Waals surface area contributed by atoms with Crippen molar-refractivity contribution in [1.29, 1.82) is 0 Å². The monoisotopic (exact) mass is 576 g/mol. The number of nitrogens with zero attached hydrogens (tertiary/aromatic N) is 3. The van der Waals surface area contributed by atoms with Crippen molar-refractivity contribution in [3.8, 4) is 0 Å². The summed E-state index contributed by atoms with van der Waals surface area (Å²) in [5.41, 5.74) is 2.54. The molecule has 4 rings (SSSR count). The van der Waals surface area contributed by atoms with Gasteiger partial charge in [-0.05, 0) is 62.6 Å². The maximum absolute atomic E-state index is 13.7. The van der Waals surface area contributed by atoms with E-state index in [2.05, 4.69) is 9.62 Å². The molecule has 41 heavy (non-hydrogen) atoms. The van der Waals surface area contributed by atoms with Crippen molar-refractivity contribution >= 4 is 33.2 Å². The molecule has 1 N–H and O–H groups in total. The molecule has 2 amide bonds. The van der Waals surface area contributed by atoms with Crippen LogP contribution in [0, 0.1) is 0 Å². The highest BCUT2D eigenvalue weighted by atomic mass is 32.2. The minimum absolute atomic E-state index is 0.130. The minimum Gasteiger partial charge on any atom is -0.369 e. The predicted octanol–water partition coefficient (Wildman–Crippen LogP) is 5.20. The van der Waals surface area contributed by atoms with E-state index in [0.29, 0.717) is 50.5 Å². The van der Waals surface area contributed by atoms with E-state index in [0.717, 1.165) is 24.1 Å². The summed E-state index contributed by atoms with van der Waals surface area (Å²) in [5, 5.41) is 0. The van der Waals surface area contributed by atoms with Crippen LogP contribution in [0.5, 0.6) is 0 Å². The molecule has 218 valence electrons. The summed E-state index contributed by atoms with van der Waals surface area (Å²) in [7, 11) is -3.81. The number of rotatable bonds is 10. The largest absolute Gasteiger partial charge is 0.369 e. The molecule has 1 aliphatic rings. The molecule has 1 atom stereocenters. The van der Waals surface area contributed by atoms with Gasteiger partial charge in [0.25, 0.3) is 15.9 Å². The summed E-state index contributed by atoms with van der Waals surface area (Å²) in [6.45, 7) is 9.41. The zero-order valence-corrected chi connectivity index (χ0v) is 24.9. The number of sulfonamides is 1. The van der Waals surface area contributed by atoms with Gasteiger partial charge in [0.2, 0.25) is 5.91 Å². The molecule has 0 bridgehead atoms. The number of carbonyl (C=O) groups excluding carboxylic acids is 2. The zero-order valence-electron chi connectivity index (χ0n) is 24.1. The molecular weight excluding hydrogens is 536 g/mol. The van der Waals surface area contributed by atoms with E-state index in [1.807, 2.05) is 62.1 Å². The van der Waals surface area contributed by atoms with Crippen LogP contribution >= 0.6 is 0 Å². The minimum atomic E-state index is -3.81. The maximum Gasteiger partial charge on any atom is 0.261 e. The van der Waals surface area contributed by atoms with Gasteiger partial charge in [0.15, 0.2) is 0 Å². The van der Waals surface area contributed by atoms with E-state index in [9.17, 15) is 18.0 Å². The molecular formula is C32H40N4O4S. The molecule has 1 fully saturated rings. The molecule has 8 nitrogen and oxygen atoms in total. The second-order valence-electron chi connectivity index (χ2n) is 10.2. The van der Waals surface area contributed by atoms with Gasteiger partial charge < -0.3 is 14.7 Å². The summed E-state index contributed by atoms with van der Waals surface area (Å²) in [5.74, 6) is -0.205. The third-order valence-corrected chi connectivity index (χ3v) is 9.04. The van der Waals surface area contributed by atoms with E-state index in [4.69, 9.17) is 0 Å². The lowest BCUT2D eigenvalue weighted by Gasteiger charge is -2.29. The van der Waals surface area contributed by atoms with Crippen LogP contribution in [-0.4, -0.2) is 69.3 Å². The fraction of sp³-hybridized carbons (Fsp3) is 0.375. The molecule has 0 spiro atoms. The Hall–Kier alpha value is -3.85. The average Bonchev–Trinajstić information content (AvgIpc) is 3.25. The van der Waals surface area contributed by atoms with Gasteiger partial charge >= 0.3 is 0 Å². The molecule has 1 saturated heterocycles. The lowest BCUT2D eigenvalue weighted by Crippen LogP contribution is -2.38. The number of amides is 2. The van der Waals surface area contributed by atoms with Gasteiger partial charge in [0.1, 0.15) is 0 Å². The molecule has 1 unspecified atom stereocenters. The van der Waals surface area contributed by atoms with E-state index >= 15 is 0 Å². The Morgan fingerprint density at radius 1 is 0.854 bits per heavy atom. The highest BCUT2D eigenvalue weighted by molar-refractivity contribution is 7.92. The predicted molar refractivity (Wildman–Crippen MR) is 164 cm³/mol. The highest BCUT2D eigenvalue weighted by Gasteiger charge is 2.28. The molecule has 1 heterocycles. The van der Waals surface area contributed by atoms with Crippen molar-refractivity contribution in [2.75, 3.05) is 48.9 Å². The smallest absolute Gasteiger partial charge is 0.261 e. The number of anilines is 2. The van der Waals surface area contributed by atoms with Crippen LogP contribution < -0.4 is 9.62 Å². The van der Waals surface area contributed by atoms with Crippen LogP contribution in [0.25, 0.3) is 0 Å². The summed E-state index contributed by atoms with van der Waals surface area (Å²) in [6.07, 6.45) is 1.49. The number of benzene rings is 3. The van der Waals surface area contributed by atoms with Crippen LogP contribution in [0.1, 0.15) is 55.5 Å². The molecule has 0 aromatic heterocycles. The van der Waals surface area contributed by atoms with E-state index in [1.54, 1.807) is 35.2 Å². The first kappa shape index (κ1) is 30.1. The summed E-state index contributed by atoms with van der Waals surface area (Å²) < 4.78 is 28.6. The third-order valence-electron chi connectivity index (χ3n) is 7.64. The van der Waals surface area contributed by atoms with Crippen molar-refractivity contribution in [2.24, 2.45) is 0 Å². The van der Waals surface area contributed by atoms with E-state index in [1.165, 1.54) is 12.1 Å². The second-order valence-corrected chi connectivity index (χ2v) is 11.8. The number of hydrogen-bond donors (Lipinski definition) is 1. The molecule has 0 aliphatic carbocycles. The van der Waals surface area contributed by atoms with Gasteiger partial charge in [-0.3, -0.25) is 14.3 Å². The summed E-state index contributed by atoms with van der Waals surface area (Å²) in [4.78, 5) is 33.2. The van der Waals surface area contributed by atoms with Crippen molar-refractivity contribution in [3.63, 3.8) is 0 Å². The third kappa shape index (κ3) is 7.08. The van der Waals surface area contributed by atoms with Crippen LogP contribution in [0.3, 0.4) is 0 Å².